The van der Waals surface area contributed by atoms with E-state index in [-0.39, 0.29) is 17.4 Å². The van der Waals surface area contributed by atoms with Crippen molar-refractivity contribution < 1.29 is 15.0 Å². The molecule has 1 amide bonds. The molecule has 4 nitrogen and oxygen atoms in total. The molecule has 0 radical (unpaired) electrons. The predicted octanol–water partition coefficient (Wildman–Crippen LogP) is 2.89. The Morgan fingerprint density at radius 1 is 1.21 bits per heavy atom. The summed E-state index contributed by atoms with van der Waals surface area (Å²) in [4.78, 5) is 13.0. The molecule has 2 rings (SSSR count). The van der Waals surface area contributed by atoms with Crippen LogP contribution in [0.3, 0.4) is 0 Å². The van der Waals surface area contributed by atoms with Gasteiger partial charge in [-0.1, -0.05) is 0 Å². The molecule has 6 heteroatoms. The summed E-state index contributed by atoms with van der Waals surface area (Å²) >= 11 is 5.02. The molecule has 1 aromatic heterocycles. The van der Waals surface area contributed by atoms with Crippen molar-refractivity contribution in [3.63, 3.8) is 0 Å². The zero-order valence-electron chi connectivity index (χ0n) is 9.89. The van der Waals surface area contributed by atoms with Gasteiger partial charge in [-0.3, -0.25) is 4.79 Å². The maximum absolute atomic E-state index is 11.8. The van der Waals surface area contributed by atoms with E-state index in [2.05, 4.69) is 21.2 Å². The van der Waals surface area contributed by atoms with Gasteiger partial charge in [-0.05, 0) is 52.7 Å². The second-order valence-corrected chi connectivity index (χ2v) is 6.46. The second-order valence-electron chi connectivity index (χ2n) is 3.92. The molecule has 0 saturated heterocycles. The molecule has 1 heterocycles. The summed E-state index contributed by atoms with van der Waals surface area (Å²) in [6.07, 6.45) is 0.756. The minimum atomic E-state index is -0.296. The molecule has 2 aromatic rings. The van der Waals surface area contributed by atoms with Gasteiger partial charge in [0.15, 0.2) is 11.5 Å². The van der Waals surface area contributed by atoms with Gasteiger partial charge in [0.05, 0.1) is 3.79 Å². The van der Waals surface area contributed by atoms with E-state index in [4.69, 9.17) is 5.11 Å². The van der Waals surface area contributed by atoms with Gasteiger partial charge in [-0.25, -0.2) is 0 Å². The van der Waals surface area contributed by atoms with Crippen molar-refractivity contribution in [3.05, 3.63) is 44.6 Å². The van der Waals surface area contributed by atoms with Crippen LogP contribution in [0.1, 0.15) is 15.2 Å². The van der Waals surface area contributed by atoms with Gasteiger partial charge < -0.3 is 15.5 Å². The highest BCUT2D eigenvalue weighted by atomic mass is 79.9. The van der Waals surface area contributed by atoms with Crippen LogP contribution >= 0.6 is 27.3 Å². The predicted molar refractivity (Wildman–Crippen MR) is 77.8 cm³/mol. The van der Waals surface area contributed by atoms with Crippen molar-refractivity contribution in [1.82, 2.24) is 5.32 Å². The number of aromatic hydroxyl groups is 2. The lowest BCUT2D eigenvalue weighted by molar-refractivity contribution is 0.0954. The van der Waals surface area contributed by atoms with Crippen molar-refractivity contribution in [2.75, 3.05) is 6.54 Å². The normalized spacial score (nSPS) is 10.4. The fourth-order valence-corrected chi connectivity index (χ4v) is 3.03. The largest absolute Gasteiger partial charge is 0.504 e. The second kappa shape index (κ2) is 6.08. The molecular weight excluding hydrogens is 330 g/mol. The maximum atomic E-state index is 11.8. The third kappa shape index (κ3) is 3.71. The smallest absolute Gasteiger partial charge is 0.251 e. The lowest BCUT2D eigenvalue weighted by Crippen LogP contribution is -2.25. The maximum Gasteiger partial charge on any atom is 0.251 e. The highest BCUT2D eigenvalue weighted by molar-refractivity contribution is 9.11. The molecule has 19 heavy (non-hydrogen) atoms. The Morgan fingerprint density at radius 2 is 2.00 bits per heavy atom. The monoisotopic (exact) mass is 341 g/mol. The van der Waals surface area contributed by atoms with E-state index in [0.717, 1.165) is 10.2 Å². The van der Waals surface area contributed by atoms with Crippen LogP contribution in [0.25, 0.3) is 0 Å². The van der Waals surface area contributed by atoms with Gasteiger partial charge in [-0.2, -0.15) is 0 Å². The molecule has 0 aliphatic heterocycles. The van der Waals surface area contributed by atoms with Crippen LogP contribution in [0.2, 0.25) is 0 Å². The average Bonchev–Trinajstić information content (AvgIpc) is 2.78. The molecule has 1 aromatic carbocycles. The number of benzene rings is 1. The number of nitrogens with one attached hydrogen (secondary N) is 1. The number of thiophene rings is 1. The first kappa shape index (κ1) is 13.9. The molecule has 0 bridgehead atoms. The van der Waals surface area contributed by atoms with Gasteiger partial charge >= 0.3 is 0 Å². The van der Waals surface area contributed by atoms with Crippen molar-refractivity contribution in [2.45, 2.75) is 6.42 Å². The molecule has 0 unspecified atom stereocenters. The number of carbonyl (C=O) groups is 1. The number of hydrogen-bond donors (Lipinski definition) is 3. The first-order valence-electron chi connectivity index (χ1n) is 5.60. The van der Waals surface area contributed by atoms with E-state index in [9.17, 15) is 9.90 Å². The van der Waals surface area contributed by atoms with Gasteiger partial charge in [0, 0.05) is 17.0 Å². The van der Waals surface area contributed by atoms with Crippen LogP contribution in [-0.2, 0) is 6.42 Å². The van der Waals surface area contributed by atoms with Gasteiger partial charge in [-0.15, -0.1) is 11.3 Å². The summed E-state index contributed by atoms with van der Waals surface area (Å²) in [6.45, 7) is 0.521. The van der Waals surface area contributed by atoms with Gasteiger partial charge in [0.2, 0.25) is 0 Å². The van der Waals surface area contributed by atoms with E-state index < -0.39 is 0 Å². The molecule has 0 saturated carbocycles. The summed E-state index contributed by atoms with van der Waals surface area (Å²) < 4.78 is 1.07. The number of phenols is 2. The first-order valence-corrected chi connectivity index (χ1v) is 7.21. The van der Waals surface area contributed by atoms with E-state index in [1.54, 1.807) is 11.3 Å². The number of phenolic OH excluding ortho intramolecular Hbond substituents is 2. The SMILES string of the molecule is O=C(NCCc1ccc(Br)s1)c1ccc(O)c(O)c1. The summed E-state index contributed by atoms with van der Waals surface area (Å²) in [7, 11) is 0. The zero-order chi connectivity index (χ0) is 13.8. The van der Waals surface area contributed by atoms with E-state index in [1.165, 1.54) is 23.1 Å². The van der Waals surface area contributed by atoms with Gasteiger partial charge in [0.25, 0.3) is 5.91 Å². The lowest BCUT2D eigenvalue weighted by Gasteiger charge is -2.05. The number of halogens is 1. The van der Waals surface area contributed by atoms with Crippen LogP contribution < -0.4 is 5.32 Å². The highest BCUT2D eigenvalue weighted by Crippen LogP contribution is 2.25. The fraction of sp³-hybridized carbons (Fsp3) is 0.154. The van der Waals surface area contributed by atoms with E-state index in [0.29, 0.717) is 12.1 Å². The summed E-state index contributed by atoms with van der Waals surface area (Å²) in [5.41, 5.74) is 0.322. The quantitative estimate of drug-likeness (QED) is 0.749. The molecule has 3 N–H and O–H groups in total. The molecule has 0 spiro atoms. The topological polar surface area (TPSA) is 69.6 Å². The minimum absolute atomic E-state index is 0.236. The van der Waals surface area contributed by atoms with Crippen LogP contribution in [0.4, 0.5) is 0 Å². The number of rotatable bonds is 4. The van der Waals surface area contributed by atoms with E-state index >= 15 is 0 Å². The van der Waals surface area contributed by atoms with Crippen molar-refractivity contribution in [1.29, 1.82) is 0 Å². The third-order valence-corrected chi connectivity index (χ3v) is 4.21. The molecule has 0 aliphatic rings. The number of carbonyl (C=O) groups excluding carboxylic acids is 1. The zero-order valence-corrected chi connectivity index (χ0v) is 12.3. The Bertz CT molecular complexity index is 597. The third-order valence-electron chi connectivity index (χ3n) is 2.52. The van der Waals surface area contributed by atoms with Crippen molar-refractivity contribution >= 4 is 33.2 Å². The fourth-order valence-electron chi connectivity index (χ4n) is 1.55. The average molecular weight is 342 g/mol. The minimum Gasteiger partial charge on any atom is -0.504 e. The Hall–Kier alpha value is -1.53. The molecule has 100 valence electrons. The van der Waals surface area contributed by atoms with Crippen LogP contribution in [0.15, 0.2) is 34.1 Å². The molecule has 0 fully saturated rings. The molecule has 0 aliphatic carbocycles. The highest BCUT2D eigenvalue weighted by Gasteiger charge is 2.08. The Balaban J connectivity index is 1.89. The Labute approximate surface area is 122 Å². The first-order chi connectivity index (χ1) is 9.06. The standard InChI is InChI=1S/C13H12BrNO3S/c14-12-4-2-9(19-12)5-6-15-13(18)8-1-3-10(16)11(17)7-8/h1-4,7,16-17H,5-6H2,(H,15,18). The van der Waals surface area contributed by atoms with Gasteiger partial charge in [0.1, 0.15) is 0 Å². The molecule has 0 atom stereocenters. The summed E-state index contributed by atoms with van der Waals surface area (Å²) in [5, 5.41) is 21.3. The van der Waals surface area contributed by atoms with Crippen LogP contribution in [-0.4, -0.2) is 22.7 Å². The van der Waals surface area contributed by atoms with Crippen LogP contribution in [0, 0.1) is 0 Å². The van der Waals surface area contributed by atoms with Crippen LogP contribution in [0.5, 0.6) is 11.5 Å². The molecular formula is C13H12BrNO3S. The summed E-state index contributed by atoms with van der Waals surface area (Å²) in [5.74, 6) is -0.805. The number of amides is 1. The summed E-state index contributed by atoms with van der Waals surface area (Å²) in [6, 6.07) is 7.98. The Morgan fingerprint density at radius 3 is 2.63 bits per heavy atom. The van der Waals surface area contributed by atoms with Crippen molar-refractivity contribution in [2.24, 2.45) is 0 Å². The Kier molecular flexibility index (Phi) is 4.44. The van der Waals surface area contributed by atoms with E-state index in [1.807, 2.05) is 12.1 Å². The lowest BCUT2D eigenvalue weighted by atomic mass is 10.2. The number of hydrogen-bond acceptors (Lipinski definition) is 4. The van der Waals surface area contributed by atoms with Crippen molar-refractivity contribution in [3.8, 4) is 11.5 Å².